The van der Waals surface area contributed by atoms with Gasteiger partial charge < -0.3 is 5.32 Å². The molecule has 1 amide bonds. The van der Waals surface area contributed by atoms with Crippen LogP contribution in [-0.2, 0) is 17.6 Å². The molecule has 0 unspecified atom stereocenters. The van der Waals surface area contributed by atoms with Crippen LogP contribution >= 0.6 is 11.3 Å². The number of aromatic nitrogens is 1. The number of rotatable bonds is 3. The molecule has 1 aromatic carbocycles. The fourth-order valence-corrected chi connectivity index (χ4v) is 3.76. The number of benzene rings is 1. The van der Waals surface area contributed by atoms with E-state index in [-0.39, 0.29) is 17.1 Å². The van der Waals surface area contributed by atoms with Crippen molar-refractivity contribution in [3.8, 4) is 0 Å². The van der Waals surface area contributed by atoms with Crippen LogP contribution in [0.3, 0.4) is 0 Å². The monoisotopic (exact) mass is 328 g/mol. The average Bonchev–Trinajstić information content (AvgIpc) is 2.82. The number of carbonyl (C=O) groups is 2. The number of hydrogen-bond donors (Lipinski definition) is 1. The fourth-order valence-electron chi connectivity index (χ4n) is 2.83. The zero-order valence-corrected chi connectivity index (χ0v) is 14.4. The number of ketones is 1. The van der Waals surface area contributed by atoms with Gasteiger partial charge in [0.05, 0.1) is 17.0 Å². The van der Waals surface area contributed by atoms with Gasteiger partial charge in [0.2, 0.25) is 5.91 Å². The van der Waals surface area contributed by atoms with Crippen LogP contribution in [-0.4, -0.2) is 16.7 Å². The minimum atomic E-state index is -0.105. The zero-order valence-electron chi connectivity index (χ0n) is 13.6. The van der Waals surface area contributed by atoms with Gasteiger partial charge in [0, 0.05) is 6.42 Å². The maximum absolute atomic E-state index is 12.2. The van der Waals surface area contributed by atoms with Crippen molar-refractivity contribution in [2.24, 2.45) is 5.41 Å². The SMILES string of the molecule is Cc1ccc(CC(=O)Nc2nc3c(s2)C(=O)CC(C)(C)C3)cc1. The third kappa shape index (κ3) is 3.67. The van der Waals surface area contributed by atoms with Crippen LogP contribution in [0.2, 0.25) is 0 Å². The first-order valence-corrected chi connectivity index (χ1v) is 8.52. The minimum Gasteiger partial charge on any atom is -0.302 e. The van der Waals surface area contributed by atoms with E-state index in [0.29, 0.717) is 22.9 Å². The van der Waals surface area contributed by atoms with Crippen LogP contribution in [0.4, 0.5) is 5.13 Å². The Bertz CT molecular complexity index is 760. The van der Waals surface area contributed by atoms with Crippen LogP contribution in [0.1, 0.15) is 46.8 Å². The first-order chi connectivity index (χ1) is 10.8. The molecule has 4 nitrogen and oxygen atoms in total. The molecule has 0 fully saturated rings. The molecule has 1 N–H and O–H groups in total. The van der Waals surface area contributed by atoms with E-state index in [4.69, 9.17) is 0 Å². The molecule has 0 atom stereocenters. The van der Waals surface area contributed by atoms with Crippen molar-refractivity contribution in [3.63, 3.8) is 0 Å². The lowest BCUT2D eigenvalue weighted by Crippen LogP contribution is -2.26. The summed E-state index contributed by atoms with van der Waals surface area (Å²) < 4.78 is 0. The highest BCUT2D eigenvalue weighted by Gasteiger charge is 2.34. The standard InChI is InChI=1S/C18H20N2O2S/c1-11-4-6-12(7-5-11)8-15(22)20-17-19-13-9-18(2,3)10-14(21)16(13)23-17/h4-7H,8-10H2,1-3H3,(H,19,20,22). The second-order valence-corrected chi connectivity index (χ2v) is 7.95. The van der Waals surface area contributed by atoms with E-state index in [1.54, 1.807) is 0 Å². The number of fused-ring (bicyclic) bond motifs is 1. The van der Waals surface area contributed by atoms with Crippen LogP contribution in [0.5, 0.6) is 0 Å². The van der Waals surface area contributed by atoms with Crippen molar-refractivity contribution in [1.29, 1.82) is 0 Å². The molecule has 2 aromatic rings. The first kappa shape index (κ1) is 15.9. The Hall–Kier alpha value is -2.01. The molecular weight excluding hydrogens is 308 g/mol. The van der Waals surface area contributed by atoms with E-state index in [9.17, 15) is 9.59 Å². The van der Waals surface area contributed by atoms with Crippen molar-refractivity contribution < 1.29 is 9.59 Å². The summed E-state index contributed by atoms with van der Waals surface area (Å²) in [5.41, 5.74) is 2.90. The number of carbonyl (C=O) groups excluding carboxylic acids is 2. The van der Waals surface area contributed by atoms with Gasteiger partial charge >= 0.3 is 0 Å². The zero-order chi connectivity index (χ0) is 16.6. The molecule has 0 bridgehead atoms. The molecule has 0 saturated carbocycles. The lowest BCUT2D eigenvalue weighted by atomic mass is 9.78. The third-order valence-electron chi connectivity index (χ3n) is 3.97. The van der Waals surface area contributed by atoms with Gasteiger partial charge in [-0.3, -0.25) is 9.59 Å². The number of amides is 1. The Morgan fingerprint density at radius 1 is 1.26 bits per heavy atom. The highest BCUT2D eigenvalue weighted by molar-refractivity contribution is 7.17. The smallest absolute Gasteiger partial charge is 0.230 e. The molecule has 0 saturated heterocycles. The van der Waals surface area contributed by atoms with Crippen molar-refractivity contribution in [1.82, 2.24) is 4.98 Å². The van der Waals surface area contributed by atoms with Crippen LogP contribution in [0, 0.1) is 12.3 Å². The maximum atomic E-state index is 12.2. The van der Waals surface area contributed by atoms with E-state index < -0.39 is 0 Å². The van der Waals surface area contributed by atoms with E-state index >= 15 is 0 Å². The molecule has 1 aliphatic rings. The summed E-state index contributed by atoms with van der Waals surface area (Å²) in [5.74, 6) is 0.0273. The molecule has 1 heterocycles. The molecule has 3 rings (SSSR count). The summed E-state index contributed by atoms with van der Waals surface area (Å²) in [5, 5.41) is 3.35. The van der Waals surface area contributed by atoms with Gasteiger partial charge in [0.25, 0.3) is 0 Å². The predicted molar refractivity (Wildman–Crippen MR) is 92.1 cm³/mol. The molecule has 0 aliphatic heterocycles. The number of Topliss-reactive ketones (excluding diaryl/α,β-unsaturated/α-hetero) is 1. The number of thiazole rings is 1. The number of nitrogens with one attached hydrogen (secondary N) is 1. The second kappa shape index (κ2) is 5.89. The number of anilines is 1. The molecule has 0 radical (unpaired) electrons. The fraction of sp³-hybridized carbons (Fsp3) is 0.389. The van der Waals surface area contributed by atoms with Crippen molar-refractivity contribution in [2.45, 2.75) is 40.0 Å². The van der Waals surface area contributed by atoms with Gasteiger partial charge in [0.15, 0.2) is 10.9 Å². The third-order valence-corrected chi connectivity index (χ3v) is 5.02. The van der Waals surface area contributed by atoms with Gasteiger partial charge in [-0.25, -0.2) is 4.98 Å². The van der Waals surface area contributed by atoms with E-state index in [0.717, 1.165) is 17.7 Å². The predicted octanol–water partition coefficient (Wildman–Crippen LogP) is 3.79. The molecule has 5 heteroatoms. The Labute approximate surface area is 140 Å². The van der Waals surface area contributed by atoms with Crippen LogP contribution in [0.15, 0.2) is 24.3 Å². The van der Waals surface area contributed by atoms with Crippen molar-refractivity contribution in [2.75, 3.05) is 5.32 Å². The normalized spacial score (nSPS) is 16.0. The minimum absolute atomic E-state index is 0.0542. The topological polar surface area (TPSA) is 59.1 Å². The quantitative estimate of drug-likeness (QED) is 0.932. The van der Waals surface area contributed by atoms with E-state index in [1.807, 2.05) is 31.2 Å². The Morgan fingerprint density at radius 2 is 1.96 bits per heavy atom. The summed E-state index contributed by atoms with van der Waals surface area (Å²) in [6.45, 7) is 6.16. The summed E-state index contributed by atoms with van der Waals surface area (Å²) >= 11 is 1.29. The Kier molecular flexibility index (Phi) is 4.06. The first-order valence-electron chi connectivity index (χ1n) is 7.71. The van der Waals surface area contributed by atoms with Crippen molar-refractivity contribution in [3.05, 3.63) is 46.0 Å². The molecule has 120 valence electrons. The lowest BCUT2D eigenvalue weighted by Gasteiger charge is -2.26. The summed E-state index contributed by atoms with van der Waals surface area (Å²) in [4.78, 5) is 29.5. The molecule has 1 aromatic heterocycles. The molecular formula is C18H20N2O2S. The number of hydrogen-bond acceptors (Lipinski definition) is 4. The number of nitrogens with zero attached hydrogens (tertiary/aromatic N) is 1. The van der Waals surface area contributed by atoms with Crippen LogP contribution < -0.4 is 5.32 Å². The van der Waals surface area contributed by atoms with Gasteiger partial charge in [-0.1, -0.05) is 55.0 Å². The van der Waals surface area contributed by atoms with E-state index in [1.165, 1.54) is 16.9 Å². The summed E-state index contributed by atoms with van der Waals surface area (Å²) in [6, 6.07) is 7.89. The van der Waals surface area contributed by atoms with E-state index in [2.05, 4.69) is 24.1 Å². The molecule has 23 heavy (non-hydrogen) atoms. The highest BCUT2D eigenvalue weighted by Crippen LogP contribution is 2.38. The molecule has 0 spiro atoms. The molecule has 1 aliphatic carbocycles. The summed E-state index contributed by atoms with van der Waals surface area (Å²) in [7, 11) is 0. The van der Waals surface area contributed by atoms with Gasteiger partial charge in [-0.15, -0.1) is 0 Å². The average molecular weight is 328 g/mol. The highest BCUT2D eigenvalue weighted by atomic mass is 32.1. The Morgan fingerprint density at radius 3 is 2.65 bits per heavy atom. The summed E-state index contributed by atoms with van der Waals surface area (Å²) in [6.07, 6.45) is 1.63. The Balaban J connectivity index is 1.70. The second-order valence-electron chi connectivity index (χ2n) is 6.95. The van der Waals surface area contributed by atoms with Crippen molar-refractivity contribution >= 4 is 28.2 Å². The van der Waals surface area contributed by atoms with Gasteiger partial charge in [-0.2, -0.15) is 0 Å². The maximum Gasteiger partial charge on any atom is 0.230 e. The van der Waals surface area contributed by atoms with Gasteiger partial charge in [0.1, 0.15) is 0 Å². The largest absolute Gasteiger partial charge is 0.302 e. The van der Waals surface area contributed by atoms with Gasteiger partial charge in [-0.05, 0) is 24.3 Å². The number of aryl methyl sites for hydroxylation is 1. The van der Waals surface area contributed by atoms with Crippen LogP contribution in [0.25, 0.3) is 0 Å². The lowest BCUT2D eigenvalue weighted by molar-refractivity contribution is -0.115.